The second-order valence-electron chi connectivity index (χ2n) is 2.80. The van der Waals surface area contributed by atoms with Gasteiger partial charge < -0.3 is 9.72 Å². The van der Waals surface area contributed by atoms with Crippen LogP contribution in [0, 0.1) is 0 Å². The molecule has 1 unspecified atom stereocenters. The van der Waals surface area contributed by atoms with Gasteiger partial charge in [0.25, 0.3) is 0 Å². The highest BCUT2D eigenvalue weighted by atomic mass is 16.5. The van der Waals surface area contributed by atoms with Gasteiger partial charge in [-0.1, -0.05) is 0 Å². The summed E-state index contributed by atoms with van der Waals surface area (Å²) in [4.78, 5) is 13.7. The van der Waals surface area contributed by atoms with Crippen molar-refractivity contribution in [3.63, 3.8) is 0 Å². The first-order chi connectivity index (χ1) is 5.75. The first kappa shape index (κ1) is 9.06. The Hall–Kier alpha value is -1.03. The molecule has 0 saturated heterocycles. The zero-order chi connectivity index (χ0) is 8.97. The molecule has 0 aliphatic rings. The highest BCUT2D eigenvalue weighted by Crippen LogP contribution is 2.06. The quantitative estimate of drug-likeness (QED) is 0.725. The molecule has 0 spiro atoms. The van der Waals surface area contributed by atoms with Gasteiger partial charge in [-0.3, -0.25) is 4.57 Å². The van der Waals surface area contributed by atoms with E-state index in [0.717, 1.165) is 6.42 Å². The summed E-state index contributed by atoms with van der Waals surface area (Å²) in [7, 11) is 1.66. The van der Waals surface area contributed by atoms with Crippen LogP contribution in [0.25, 0.3) is 0 Å². The maximum atomic E-state index is 11.1. The highest BCUT2D eigenvalue weighted by Gasteiger charge is 2.05. The Morgan fingerprint density at radius 1 is 1.75 bits per heavy atom. The van der Waals surface area contributed by atoms with Crippen molar-refractivity contribution >= 4 is 0 Å². The lowest BCUT2D eigenvalue weighted by atomic mass is 10.2. The van der Waals surface area contributed by atoms with E-state index in [0.29, 0.717) is 6.61 Å². The molecule has 0 fully saturated rings. The van der Waals surface area contributed by atoms with Crippen LogP contribution in [-0.4, -0.2) is 23.3 Å². The topological polar surface area (TPSA) is 47.0 Å². The smallest absolute Gasteiger partial charge is 0.325 e. The van der Waals surface area contributed by atoms with E-state index in [9.17, 15) is 4.79 Å². The van der Waals surface area contributed by atoms with Crippen molar-refractivity contribution in [1.29, 1.82) is 0 Å². The van der Waals surface area contributed by atoms with Gasteiger partial charge in [0, 0.05) is 32.2 Å². The molecule has 0 bridgehead atoms. The van der Waals surface area contributed by atoms with Crippen LogP contribution in [-0.2, 0) is 4.74 Å². The number of nitrogens with one attached hydrogen (secondary N) is 1. The van der Waals surface area contributed by atoms with Crippen molar-refractivity contribution in [2.24, 2.45) is 0 Å². The van der Waals surface area contributed by atoms with Crippen molar-refractivity contribution in [3.8, 4) is 0 Å². The molecule has 1 heterocycles. The normalized spacial score (nSPS) is 13.2. The second kappa shape index (κ2) is 4.11. The molecule has 1 atom stereocenters. The average Bonchev–Trinajstić information content (AvgIpc) is 2.47. The van der Waals surface area contributed by atoms with Crippen LogP contribution in [0.5, 0.6) is 0 Å². The molecule has 1 N–H and O–H groups in total. The number of hydrogen-bond acceptors (Lipinski definition) is 2. The Morgan fingerprint density at radius 2 is 2.50 bits per heavy atom. The van der Waals surface area contributed by atoms with Gasteiger partial charge in [0.15, 0.2) is 0 Å². The van der Waals surface area contributed by atoms with Crippen molar-refractivity contribution in [2.45, 2.75) is 19.4 Å². The Morgan fingerprint density at radius 3 is 3.00 bits per heavy atom. The van der Waals surface area contributed by atoms with Crippen LogP contribution >= 0.6 is 0 Å². The van der Waals surface area contributed by atoms with Gasteiger partial charge in [0.1, 0.15) is 0 Å². The fraction of sp³-hybridized carbons (Fsp3) is 0.625. The lowest BCUT2D eigenvalue weighted by Crippen LogP contribution is -2.20. The molecule has 0 radical (unpaired) electrons. The maximum absolute atomic E-state index is 11.1. The van der Waals surface area contributed by atoms with E-state index < -0.39 is 0 Å². The van der Waals surface area contributed by atoms with Crippen LogP contribution in [0.1, 0.15) is 19.4 Å². The monoisotopic (exact) mass is 170 g/mol. The average molecular weight is 170 g/mol. The molecule has 0 amide bonds. The van der Waals surface area contributed by atoms with Crippen molar-refractivity contribution in [2.75, 3.05) is 13.7 Å². The summed E-state index contributed by atoms with van der Waals surface area (Å²) < 4.78 is 6.59. The van der Waals surface area contributed by atoms with Gasteiger partial charge in [-0.2, -0.15) is 0 Å². The summed E-state index contributed by atoms with van der Waals surface area (Å²) in [5, 5.41) is 0. The van der Waals surface area contributed by atoms with E-state index >= 15 is 0 Å². The van der Waals surface area contributed by atoms with E-state index in [1.54, 1.807) is 24.1 Å². The predicted molar refractivity (Wildman–Crippen MR) is 46.3 cm³/mol. The first-order valence-corrected chi connectivity index (χ1v) is 4.00. The second-order valence-corrected chi connectivity index (χ2v) is 2.80. The number of aromatic amines is 1. The predicted octanol–water partition coefficient (Wildman–Crippen LogP) is 0.774. The third kappa shape index (κ3) is 1.98. The standard InChI is InChI=1S/C8H14N2O2/c1-7(3-6-12-2)10-5-4-9-8(10)11/h4-5,7H,3,6H2,1-2H3,(H,9,11). The van der Waals surface area contributed by atoms with E-state index in [4.69, 9.17) is 4.74 Å². The summed E-state index contributed by atoms with van der Waals surface area (Å²) in [5.41, 5.74) is -0.0568. The summed E-state index contributed by atoms with van der Waals surface area (Å²) in [6.45, 7) is 2.67. The van der Waals surface area contributed by atoms with E-state index in [1.807, 2.05) is 6.92 Å². The molecule has 1 aromatic heterocycles. The maximum Gasteiger partial charge on any atom is 0.325 e. The number of imidazole rings is 1. The molecule has 1 aromatic rings. The fourth-order valence-corrected chi connectivity index (χ4v) is 1.11. The number of hydrogen-bond donors (Lipinski definition) is 1. The highest BCUT2D eigenvalue weighted by molar-refractivity contribution is 4.79. The van der Waals surface area contributed by atoms with Crippen LogP contribution < -0.4 is 5.69 Å². The minimum atomic E-state index is -0.0568. The minimum absolute atomic E-state index is 0.0568. The van der Waals surface area contributed by atoms with E-state index in [1.165, 1.54) is 0 Å². The number of methoxy groups -OCH3 is 1. The number of rotatable bonds is 4. The van der Waals surface area contributed by atoms with Crippen molar-refractivity contribution < 1.29 is 4.74 Å². The van der Waals surface area contributed by atoms with Crippen LogP contribution in [0.4, 0.5) is 0 Å². The zero-order valence-corrected chi connectivity index (χ0v) is 7.41. The molecule has 0 saturated carbocycles. The van der Waals surface area contributed by atoms with Crippen LogP contribution in [0.2, 0.25) is 0 Å². The Balaban J connectivity index is 2.59. The Bertz CT molecular complexity index is 277. The van der Waals surface area contributed by atoms with E-state index in [2.05, 4.69) is 4.98 Å². The molecule has 1 rings (SSSR count). The van der Waals surface area contributed by atoms with Gasteiger partial charge in [0.05, 0.1) is 0 Å². The van der Waals surface area contributed by atoms with Gasteiger partial charge in [-0.25, -0.2) is 4.79 Å². The Labute approximate surface area is 71.2 Å². The number of H-pyrrole nitrogens is 1. The van der Waals surface area contributed by atoms with Gasteiger partial charge in [0.2, 0.25) is 0 Å². The summed E-state index contributed by atoms with van der Waals surface area (Å²) in [5.74, 6) is 0. The lowest BCUT2D eigenvalue weighted by molar-refractivity contribution is 0.180. The third-order valence-electron chi connectivity index (χ3n) is 1.89. The SMILES string of the molecule is COCCC(C)n1cc[nH]c1=O. The van der Waals surface area contributed by atoms with Gasteiger partial charge in [-0.05, 0) is 13.3 Å². The molecule has 12 heavy (non-hydrogen) atoms. The molecular formula is C8H14N2O2. The molecule has 4 nitrogen and oxygen atoms in total. The minimum Gasteiger partial charge on any atom is -0.385 e. The van der Waals surface area contributed by atoms with Gasteiger partial charge >= 0.3 is 5.69 Å². The number of nitrogens with zero attached hydrogens (tertiary/aromatic N) is 1. The molecular weight excluding hydrogens is 156 g/mol. The summed E-state index contributed by atoms with van der Waals surface area (Å²) in [6, 6.07) is 0.198. The van der Waals surface area contributed by atoms with Crippen molar-refractivity contribution in [1.82, 2.24) is 9.55 Å². The fourth-order valence-electron chi connectivity index (χ4n) is 1.11. The zero-order valence-electron chi connectivity index (χ0n) is 7.41. The van der Waals surface area contributed by atoms with Crippen molar-refractivity contribution in [3.05, 3.63) is 22.9 Å². The molecule has 0 aliphatic carbocycles. The van der Waals surface area contributed by atoms with Crippen LogP contribution in [0.15, 0.2) is 17.2 Å². The lowest BCUT2D eigenvalue weighted by Gasteiger charge is -2.10. The largest absolute Gasteiger partial charge is 0.385 e. The molecule has 68 valence electrons. The van der Waals surface area contributed by atoms with E-state index in [-0.39, 0.29) is 11.7 Å². The number of ether oxygens (including phenoxy) is 1. The summed E-state index contributed by atoms with van der Waals surface area (Å²) >= 11 is 0. The first-order valence-electron chi connectivity index (χ1n) is 4.00. The molecule has 4 heteroatoms. The Kier molecular flexibility index (Phi) is 3.10. The molecule has 0 aromatic carbocycles. The summed E-state index contributed by atoms with van der Waals surface area (Å²) in [6.07, 6.45) is 4.25. The number of aromatic nitrogens is 2. The van der Waals surface area contributed by atoms with Gasteiger partial charge in [-0.15, -0.1) is 0 Å². The van der Waals surface area contributed by atoms with Crippen LogP contribution in [0.3, 0.4) is 0 Å². The third-order valence-corrected chi connectivity index (χ3v) is 1.89. The molecule has 0 aliphatic heterocycles.